The first-order valence-corrected chi connectivity index (χ1v) is 9.15. The molecule has 0 N–H and O–H groups in total. The number of carbonyl (C=O) groups is 4. The van der Waals surface area contributed by atoms with Crippen LogP contribution in [0.2, 0.25) is 0 Å². The van der Waals surface area contributed by atoms with E-state index in [1.165, 1.54) is 0 Å². The van der Waals surface area contributed by atoms with Gasteiger partial charge in [0.1, 0.15) is 12.2 Å². The van der Waals surface area contributed by atoms with Crippen LogP contribution in [-0.2, 0) is 19.1 Å². The number of benzene rings is 2. The highest BCUT2D eigenvalue weighted by atomic mass is 16.6. The van der Waals surface area contributed by atoms with E-state index in [1.54, 1.807) is 60.7 Å². The molecular formula is C22H20O6. The van der Waals surface area contributed by atoms with E-state index >= 15 is 0 Å². The number of hydrogen-bond acceptors (Lipinski definition) is 6. The molecule has 1 aliphatic carbocycles. The van der Waals surface area contributed by atoms with Gasteiger partial charge in [0.2, 0.25) is 0 Å². The quantitative estimate of drug-likeness (QED) is 0.435. The summed E-state index contributed by atoms with van der Waals surface area (Å²) in [6.07, 6.45) is 1.05. The normalized spacial score (nSPS) is 18.7. The van der Waals surface area contributed by atoms with Crippen LogP contribution in [-0.4, -0.2) is 35.7 Å². The highest BCUT2D eigenvalue weighted by Gasteiger charge is 2.30. The Hall–Kier alpha value is -3.28. The van der Waals surface area contributed by atoms with E-state index in [4.69, 9.17) is 9.47 Å². The van der Waals surface area contributed by atoms with Crippen molar-refractivity contribution in [3.8, 4) is 0 Å². The number of esters is 2. The molecule has 28 heavy (non-hydrogen) atoms. The van der Waals surface area contributed by atoms with Crippen molar-refractivity contribution in [1.82, 2.24) is 0 Å². The summed E-state index contributed by atoms with van der Waals surface area (Å²) in [6, 6.07) is 16.5. The maximum Gasteiger partial charge on any atom is 0.379 e. The Morgan fingerprint density at radius 3 is 1.21 bits per heavy atom. The molecule has 6 heteroatoms. The number of Topliss-reactive ketones (excluding diaryl/α,β-unsaturated/α-hetero) is 2. The van der Waals surface area contributed by atoms with Gasteiger partial charge < -0.3 is 9.47 Å². The number of hydrogen-bond donors (Lipinski definition) is 0. The first-order valence-electron chi connectivity index (χ1n) is 9.15. The van der Waals surface area contributed by atoms with Crippen molar-refractivity contribution in [3.05, 3.63) is 71.8 Å². The van der Waals surface area contributed by atoms with Gasteiger partial charge in [0.05, 0.1) is 0 Å². The predicted molar refractivity (Wildman–Crippen MR) is 99.8 cm³/mol. The van der Waals surface area contributed by atoms with Gasteiger partial charge in [-0.25, -0.2) is 9.59 Å². The molecule has 0 aliphatic heterocycles. The molecule has 1 saturated carbocycles. The first kappa shape index (κ1) is 19.5. The summed E-state index contributed by atoms with van der Waals surface area (Å²) in [5, 5.41) is 0. The molecule has 0 heterocycles. The van der Waals surface area contributed by atoms with Gasteiger partial charge in [-0.3, -0.25) is 9.59 Å². The smallest absolute Gasteiger partial charge is 0.379 e. The van der Waals surface area contributed by atoms with E-state index < -0.39 is 35.7 Å². The Bertz CT molecular complexity index is 778. The summed E-state index contributed by atoms with van der Waals surface area (Å²) in [7, 11) is 0. The second-order valence-corrected chi connectivity index (χ2v) is 6.60. The monoisotopic (exact) mass is 380 g/mol. The minimum absolute atomic E-state index is 0.287. The third-order valence-electron chi connectivity index (χ3n) is 4.61. The van der Waals surface area contributed by atoms with Crippen molar-refractivity contribution in [1.29, 1.82) is 0 Å². The van der Waals surface area contributed by atoms with Crippen LogP contribution in [0.15, 0.2) is 60.7 Å². The Morgan fingerprint density at radius 1 is 0.571 bits per heavy atom. The van der Waals surface area contributed by atoms with E-state index in [1.807, 2.05) is 0 Å². The fourth-order valence-corrected chi connectivity index (χ4v) is 3.09. The molecule has 0 atom stereocenters. The molecule has 6 nitrogen and oxygen atoms in total. The highest BCUT2D eigenvalue weighted by molar-refractivity contribution is 6.41. The van der Waals surface area contributed by atoms with Crippen LogP contribution < -0.4 is 0 Å². The summed E-state index contributed by atoms with van der Waals surface area (Å²) in [5.74, 6) is -3.12. The molecule has 3 rings (SSSR count). The summed E-state index contributed by atoms with van der Waals surface area (Å²) >= 11 is 0. The van der Waals surface area contributed by atoms with Crippen LogP contribution in [0.4, 0.5) is 0 Å². The molecule has 0 radical (unpaired) electrons. The summed E-state index contributed by atoms with van der Waals surface area (Å²) in [4.78, 5) is 48.1. The van der Waals surface area contributed by atoms with E-state index in [2.05, 4.69) is 0 Å². The lowest BCUT2D eigenvalue weighted by molar-refractivity contribution is -0.151. The van der Waals surface area contributed by atoms with Gasteiger partial charge in [0.15, 0.2) is 0 Å². The molecule has 0 spiro atoms. The SMILES string of the molecule is O=C(OC1CCC(OC(=O)C(=O)c2ccccc2)CC1)C(=O)c1ccccc1. The molecule has 1 aliphatic rings. The predicted octanol–water partition coefficient (Wildman–Crippen LogP) is 3.15. The topological polar surface area (TPSA) is 86.7 Å². The summed E-state index contributed by atoms with van der Waals surface area (Å²) in [5.41, 5.74) is 0.573. The van der Waals surface area contributed by atoms with Crippen LogP contribution in [0.25, 0.3) is 0 Å². The second kappa shape index (κ2) is 9.08. The van der Waals surface area contributed by atoms with E-state index in [0.717, 1.165) is 0 Å². The molecule has 0 aromatic heterocycles. The molecule has 2 aromatic carbocycles. The molecule has 2 aromatic rings. The summed E-state index contributed by atoms with van der Waals surface area (Å²) < 4.78 is 10.6. The lowest BCUT2D eigenvalue weighted by Crippen LogP contribution is -2.33. The molecule has 0 bridgehead atoms. The Morgan fingerprint density at radius 2 is 0.893 bits per heavy atom. The van der Waals surface area contributed by atoms with Gasteiger partial charge in [-0.1, -0.05) is 60.7 Å². The summed E-state index contributed by atoms with van der Waals surface area (Å²) in [6.45, 7) is 0. The second-order valence-electron chi connectivity index (χ2n) is 6.60. The van der Waals surface area contributed by atoms with Crippen molar-refractivity contribution in [2.45, 2.75) is 37.9 Å². The highest BCUT2D eigenvalue weighted by Crippen LogP contribution is 2.24. The fraction of sp³-hybridized carbons (Fsp3) is 0.273. The number of ketones is 2. The zero-order chi connectivity index (χ0) is 19.9. The van der Waals surface area contributed by atoms with Crippen LogP contribution in [0.5, 0.6) is 0 Å². The van der Waals surface area contributed by atoms with Crippen molar-refractivity contribution in [2.75, 3.05) is 0 Å². The van der Waals surface area contributed by atoms with Crippen molar-refractivity contribution >= 4 is 23.5 Å². The minimum Gasteiger partial charge on any atom is -0.456 e. The Kier molecular flexibility index (Phi) is 6.32. The van der Waals surface area contributed by atoms with E-state index in [-0.39, 0.29) is 11.1 Å². The van der Waals surface area contributed by atoms with Gasteiger partial charge >= 0.3 is 11.9 Å². The van der Waals surface area contributed by atoms with Crippen molar-refractivity contribution in [2.24, 2.45) is 0 Å². The Balaban J connectivity index is 1.45. The van der Waals surface area contributed by atoms with Crippen LogP contribution in [0.1, 0.15) is 46.4 Å². The molecular weight excluding hydrogens is 360 g/mol. The van der Waals surface area contributed by atoms with Crippen LogP contribution in [0.3, 0.4) is 0 Å². The van der Waals surface area contributed by atoms with Crippen LogP contribution >= 0.6 is 0 Å². The van der Waals surface area contributed by atoms with Gasteiger partial charge in [-0.15, -0.1) is 0 Å². The van der Waals surface area contributed by atoms with Crippen molar-refractivity contribution < 1.29 is 28.7 Å². The molecule has 0 amide bonds. The molecule has 144 valence electrons. The lowest BCUT2D eigenvalue weighted by atomic mass is 9.94. The minimum atomic E-state index is -0.883. The van der Waals surface area contributed by atoms with Crippen LogP contribution in [0, 0.1) is 0 Å². The third kappa shape index (κ3) is 4.91. The van der Waals surface area contributed by atoms with Gasteiger partial charge in [-0.05, 0) is 25.7 Å². The molecule has 1 fully saturated rings. The largest absolute Gasteiger partial charge is 0.456 e. The van der Waals surface area contributed by atoms with Gasteiger partial charge in [0, 0.05) is 11.1 Å². The standard InChI is InChI=1S/C22H20O6/c23-19(15-7-3-1-4-8-15)21(25)27-17-11-13-18(14-12-17)28-22(26)20(24)16-9-5-2-6-10-16/h1-10,17-18H,11-14H2. The number of rotatable bonds is 6. The van der Waals surface area contributed by atoms with Gasteiger partial charge in [0.25, 0.3) is 11.6 Å². The third-order valence-corrected chi connectivity index (χ3v) is 4.61. The van der Waals surface area contributed by atoms with Crippen molar-refractivity contribution in [3.63, 3.8) is 0 Å². The Labute approximate surface area is 162 Å². The fourth-order valence-electron chi connectivity index (χ4n) is 3.09. The average molecular weight is 380 g/mol. The maximum absolute atomic E-state index is 12.1. The maximum atomic E-state index is 12.1. The van der Waals surface area contributed by atoms with E-state index in [0.29, 0.717) is 25.7 Å². The zero-order valence-corrected chi connectivity index (χ0v) is 15.2. The van der Waals surface area contributed by atoms with Gasteiger partial charge in [-0.2, -0.15) is 0 Å². The van der Waals surface area contributed by atoms with E-state index in [9.17, 15) is 19.2 Å². The zero-order valence-electron chi connectivity index (χ0n) is 15.2. The number of carbonyl (C=O) groups excluding carboxylic acids is 4. The lowest BCUT2D eigenvalue weighted by Gasteiger charge is -2.27. The number of ether oxygens (including phenoxy) is 2. The first-order chi connectivity index (χ1) is 13.5. The average Bonchev–Trinajstić information content (AvgIpc) is 2.75. The molecule has 0 saturated heterocycles. The molecule has 0 unspecified atom stereocenters.